The molecule has 0 aromatic heterocycles. The Labute approximate surface area is 129 Å². The number of nitrogens with one attached hydrogen (secondary N) is 1. The van der Waals surface area contributed by atoms with Crippen LogP contribution in [0.25, 0.3) is 0 Å². The minimum Gasteiger partial charge on any atom is -0.495 e. The van der Waals surface area contributed by atoms with Gasteiger partial charge in [0.15, 0.2) is 0 Å². The van der Waals surface area contributed by atoms with Crippen LogP contribution in [-0.4, -0.2) is 15.5 Å². The molecule has 0 saturated heterocycles. The van der Waals surface area contributed by atoms with Crippen LogP contribution in [0.15, 0.2) is 41.3 Å². The van der Waals surface area contributed by atoms with Crippen molar-refractivity contribution < 1.29 is 13.2 Å². The molecule has 0 amide bonds. The van der Waals surface area contributed by atoms with Crippen LogP contribution in [0.4, 0.5) is 5.69 Å². The van der Waals surface area contributed by atoms with E-state index in [1.807, 2.05) is 13.8 Å². The Balaban J connectivity index is 2.41. The molecule has 0 radical (unpaired) electrons. The molecule has 0 aliphatic heterocycles. The number of aryl methyl sites for hydroxylation is 2. The predicted molar refractivity (Wildman–Crippen MR) is 84.7 cm³/mol. The smallest absolute Gasteiger partial charge is 0.262 e. The average Bonchev–Trinajstić information content (AvgIpc) is 2.41. The van der Waals surface area contributed by atoms with Crippen molar-refractivity contribution in [3.8, 4) is 5.75 Å². The number of ether oxygens (including phenoxy) is 1. The van der Waals surface area contributed by atoms with Crippen LogP contribution < -0.4 is 9.46 Å². The fourth-order valence-corrected chi connectivity index (χ4v) is 3.16. The fraction of sp³-hybridized carbons (Fsp3) is 0.200. The molecule has 112 valence electrons. The number of rotatable bonds is 4. The van der Waals surface area contributed by atoms with Gasteiger partial charge in [0.25, 0.3) is 10.0 Å². The van der Waals surface area contributed by atoms with Crippen LogP contribution in [0.5, 0.6) is 5.75 Å². The molecule has 0 heterocycles. The topological polar surface area (TPSA) is 55.4 Å². The monoisotopic (exact) mass is 325 g/mol. The number of hydrogen-bond donors (Lipinski definition) is 1. The Kier molecular flexibility index (Phi) is 4.44. The summed E-state index contributed by atoms with van der Waals surface area (Å²) in [4.78, 5) is 0.202. The highest BCUT2D eigenvalue weighted by atomic mass is 35.5. The van der Waals surface area contributed by atoms with Gasteiger partial charge in [-0.2, -0.15) is 0 Å². The third-order valence-electron chi connectivity index (χ3n) is 3.19. The molecular weight excluding hydrogens is 310 g/mol. The molecule has 0 atom stereocenters. The Morgan fingerprint density at radius 2 is 1.76 bits per heavy atom. The van der Waals surface area contributed by atoms with E-state index < -0.39 is 10.0 Å². The minimum absolute atomic E-state index is 0.202. The highest BCUT2D eigenvalue weighted by molar-refractivity contribution is 7.92. The van der Waals surface area contributed by atoms with Crippen LogP contribution in [0.3, 0.4) is 0 Å². The molecule has 6 heteroatoms. The normalized spacial score (nSPS) is 11.2. The summed E-state index contributed by atoms with van der Waals surface area (Å²) < 4.78 is 32.5. The number of halogens is 1. The van der Waals surface area contributed by atoms with Gasteiger partial charge in [0, 0.05) is 5.02 Å². The molecule has 21 heavy (non-hydrogen) atoms. The average molecular weight is 326 g/mol. The molecule has 0 aliphatic carbocycles. The van der Waals surface area contributed by atoms with Gasteiger partial charge in [-0.25, -0.2) is 8.42 Å². The Morgan fingerprint density at radius 3 is 2.38 bits per heavy atom. The van der Waals surface area contributed by atoms with Crippen molar-refractivity contribution >= 4 is 27.3 Å². The van der Waals surface area contributed by atoms with E-state index in [0.29, 0.717) is 16.5 Å². The first-order chi connectivity index (χ1) is 9.83. The number of methoxy groups -OCH3 is 1. The lowest BCUT2D eigenvalue weighted by Gasteiger charge is -2.13. The van der Waals surface area contributed by atoms with E-state index in [4.69, 9.17) is 16.3 Å². The number of sulfonamides is 1. The van der Waals surface area contributed by atoms with Crippen molar-refractivity contribution in [1.29, 1.82) is 0 Å². The maximum atomic E-state index is 12.4. The summed E-state index contributed by atoms with van der Waals surface area (Å²) >= 11 is 5.90. The highest BCUT2D eigenvalue weighted by Crippen LogP contribution is 2.30. The van der Waals surface area contributed by atoms with Gasteiger partial charge in [-0.05, 0) is 55.3 Å². The zero-order valence-electron chi connectivity index (χ0n) is 12.0. The molecule has 4 nitrogen and oxygen atoms in total. The van der Waals surface area contributed by atoms with E-state index in [1.54, 1.807) is 30.3 Å². The molecule has 2 rings (SSSR count). The summed E-state index contributed by atoms with van der Waals surface area (Å²) in [6, 6.07) is 9.74. The maximum Gasteiger partial charge on any atom is 0.262 e. The third-order valence-corrected chi connectivity index (χ3v) is 4.79. The van der Waals surface area contributed by atoms with Gasteiger partial charge in [0.1, 0.15) is 5.75 Å². The number of benzene rings is 2. The van der Waals surface area contributed by atoms with Crippen LogP contribution >= 0.6 is 11.6 Å². The van der Waals surface area contributed by atoms with E-state index in [9.17, 15) is 8.42 Å². The van der Waals surface area contributed by atoms with Gasteiger partial charge < -0.3 is 4.74 Å². The van der Waals surface area contributed by atoms with E-state index >= 15 is 0 Å². The first-order valence-corrected chi connectivity index (χ1v) is 8.13. The summed E-state index contributed by atoms with van der Waals surface area (Å²) in [5.41, 5.74) is 2.26. The van der Waals surface area contributed by atoms with Gasteiger partial charge in [-0.1, -0.05) is 17.7 Å². The Bertz CT molecular complexity index is 772. The van der Waals surface area contributed by atoms with Gasteiger partial charge in [-0.3, -0.25) is 4.72 Å². The van der Waals surface area contributed by atoms with Crippen molar-refractivity contribution in [2.45, 2.75) is 18.7 Å². The Morgan fingerprint density at radius 1 is 1.05 bits per heavy atom. The van der Waals surface area contributed by atoms with Crippen LogP contribution in [-0.2, 0) is 10.0 Å². The number of hydrogen-bond acceptors (Lipinski definition) is 3. The molecule has 0 spiro atoms. The van der Waals surface area contributed by atoms with Crippen molar-refractivity contribution in [1.82, 2.24) is 0 Å². The lowest BCUT2D eigenvalue weighted by Crippen LogP contribution is -2.14. The predicted octanol–water partition coefficient (Wildman–Crippen LogP) is 3.77. The first-order valence-electron chi connectivity index (χ1n) is 6.27. The van der Waals surface area contributed by atoms with E-state index in [-0.39, 0.29) is 4.90 Å². The van der Waals surface area contributed by atoms with Crippen molar-refractivity contribution in [3.63, 3.8) is 0 Å². The standard InChI is InChI=1S/C15H16ClNO3S/c1-10-4-6-13(8-11(10)2)21(18,19)17-14-9-12(16)5-7-15(14)20-3/h4-9,17H,1-3H3. The van der Waals surface area contributed by atoms with E-state index in [1.165, 1.54) is 13.2 Å². The molecular formula is C15H16ClNO3S. The van der Waals surface area contributed by atoms with Gasteiger partial charge in [-0.15, -0.1) is 0 Å². The SMILES string of the molecule is COc1ccc(Cl)cc1NS(=O)(=O)c1ccc(C)c(C)c1. The van der Waals surface area contributed by atoms with Crippen LogP contribution in [0.1, 0.15) is 11.1 Å². The molecule has 1 N–H and O–H groups in total. The van der Waals surface area contributed by atoms with Crippen LogP contribution in [0, 0.1) is 13.8 Å². The molecule has 0 bridgehead atoms. The molecule has 2 aromatic carbocycles. The third kappa shape index (κ3) is 3.49. The van der Waals surface area contributed by atoms with E-state index in [0.717, 1.165) is 11.1 Å². The van der Waals surface area contributed by atoms with Crippen molar-refractivity contribution in [3.05, 3.63) is 52.5 Å². The van der Waals surface area contributed by atoms with Crippen molar-refractivity contribution in [2.75, 3.05) is 11.8 Å². The van der Waals surface area contributed by atoms with Crippen LogP contribution in [0.2, 0.25) is 5.02 Å². The molecule has 0 unspecified atom stereocenters. The molecule has 2 aromatic rings. The summed E-state index contributed by atoms with van der Waals surface area (Å²) in [5, 5.41) is 0.425. The molecule has 0 saturated carbocycles. The largest absolute Gasteiger partial charge is 0.495 e. The highest BCUT2D eigenvalue weighted by Gasteiger charge is 2.17. The van der Waals surface area contributed by atoms with Gasteiger partial charge in [0.05, 0.1) is 17.7 Å². The second kappa shape index (κ2) is 5.95. The summed E-state index contributed by atoms with van der Waals surface area (Å²) in [7, 11) is -2.22. The first kappa shape index (κ1) is 15.7. The van der Waals surface area contributed by atoms with E-state index in [2.05, 4.69) is 4.72 Å². The summed E-state index contributed by atoms with van der Waals surface area (Å²) in [6.45, 7) is 3.80. The minimum atomic E-state index is -3.69. The quantitative estimate of drug-likeness (QED) is 0.931. The van der Waals surface area contributed by atoms with Crippen molar-refractivity contribution in [2.24, 2.45) is 0 Å². The van der Waals surface area contributed by atoms with Gasteiger partial charge in [0.2, 0.25) is 0 Å². The maximum absolute atomic E-state index is 12.4. The summed E-state index contributed by atoms with van der Waals surface area (Å²) in [5.74, 6) is 0.409. The lowest BCUT2D eigenvalue weighted by molar-refractivity contribution is 0.417. The fourth-order valence-electron chi connectivity index (χ4n) is 1.84. The zero-order chi connectivity index (χ0) is 15.6. The van der Waals surface area contributed by atoms with Gasteiger partial charge >= 0.3 is 0 Å². The molecule has 0 fully saturated rings. The summed E-state index contributed by atoms with van der Waals surface area (Å²) in [6.07, 6.45) is 0. The molecule has 0 aliphatic rings. The number of anilines is 1. The second-order valence-corrected chi connectivity index (χ2v) is 6.82. The lowest BCUT2D eigenvalue weighted by atomic mass is 10.1. The Hall–Kier alpha value is -1.72. The zero-order valence-corrected chi connectivity index (χ0v) is 13.5. The second-order valence-electron chi connectivity index (χ2n) is 4.70.